The molecule has 2 heterocycles. The van der Waals surface area contributed by atoms with Crippen LogP contribution < -0.4 is 4.74 Å². The van der Waals surface area contributed by atoms with Gasteiger partial charge in [0.2, 0.25) is 5.91 Å². The zero-order valence-electron chi connectivity index (χ0n) is 11.4. The first kappa shape index (κ1) is 12.6. The Labute approximate surface area is 121 Å². The minimum atomic E-state index is -0.870. The molecule has 1 N–H and O–H groups in total. The van der Waals surface area contributed by atoms with Crippen LogP contribution in [0.25, 0.3) is 0 Å². The van der Waals surface area contributed by atoms with E-state index < -0.39 is 18.1 Å². The fraction of sp³-hybridized carbons (Fsp3) is 0.467. The highest BCUT2D eigenvalue weighted by molar-refractivity contribution is 5.94. The van der Waals surface area contributed by atoms with Crippen molar-refractivity contribution in [3.63, 3.8) is 0 Å². The summed E-state index contributed by atoms with van der Waals surface area (Å²) in [5, 5.41) is 9.11. The summed E-state index contributed by atoms with van der Waals surface area (Å²) in [5.74, 6) is -1.16. The minimum Gasteiger partial charge on any atom is -0.497 e. The lowest BCUT2D eigenvalue weighted by atomic mass is 10.1. The molecule has 0 radical (unpaired) electrons. The van der Waals surface area contributed by atoms with Gasteiger partial charge in [-0.05, 0) is 12.1 Å². The molecule has 2 saturated heterocycles. The maximum Gasteiger partial charge on any atom is 0.307 e. The van der Waals surface area contributed by atoms with Crippen LogP contribution in [0.4, 0.5) is 0 Å². The van der Waals surface area contributed by atoms with E-state index in [1.54, 1.807) is 12.0 Å². The highest BCUT2D eigenvalue weighted by Crippen LogP contribution is 2.60. The number of carboxylic acids is 1. The Kier molecular flexibility index (Phi) is 2.53. The molecule has 3 aliphatic rings. The van der Waals surface area contributed by atoms with Crippen LogP contribution >= 0.6 is 0 Å². The molecule has 0 spiro atoms. The molecule has 2 aliphatic heterocycles. The maximum absolute atomic E-state index is 12.4. The molecule has 0 bridgehead atoms. The monoisotopic (exact) mass is 289 g/mol. The van der Waals surface area contributed by atoms with Gasteiger partial charge in [-0.3, -0.25) is 9.59 Å². The average molecular weight is 289 g/mol. The van der Waals surface area contributed by atoms with Crippen LogP contribution in [-0.2, 0) is 14.3 Å². The third-order valence-corrected chi connectivity index (χ3v) is 4.78. The van der Waals surface area contributed by atoms with Crippen molar-refractivity contribution in [2.75, 3.05) is 13.7 Å². The number of rotatable bonds is 3. The Morgan fingerprint density at radius 3 is 2.71 bits per heavy atom. The number of amides is 1. The molecule has 3 fully saturated rings. The van der Waals surface area contributed by atoms with Crippen LogP contribution in [0.5, 0.6) is 5.75 Å². The number of carbonyl (C=O) groups is 2. The third-order valence-electron chi connectivity index (χ3n) is 4.78. The SMILES string of the molecule is COc1ccc(C2OCC3C4C(C(=O)O)C4C(=O)N23)cc1. The van der Waals surface area contributed by atoms with E-state index in [1.165, 1.54) is 0 Å². The number of hydrogen-bond acceptors (Lipinski definition) is 4. The van der Waals surface area contributed by atoms with Crippen LogP contribution in [0.1, 0.15) is 11.8 Å². The molecule has 6 heteroatoms. The zero-order chi connectivity index (χ0) is 14.7. The molecule has 5 atom stereocenters. The Hall–Kier alpha value is -2.08. The fourth-order valence-corrected chi connectivity index (χ4v) is 3.75. The van der Waals surface area contributed by atoms with Gasteiger partial charge < -0.3 is 19.5 Å². The third kappa shape index (κ3) is 1.62. The molecule has 1 saturated carbocycles. The van der Waals surface area contributed by atoms with Crippen molar-refractivity contribution in [3.8, 4) is 5.75 Å². The lowest BCUT2D eigenvalue weighted by Crippen LogP contribution is -2.37. The van der Waals surface area contributed by atoms with Crippen molar-refractivity contribution in [1.82, 2.24) is 4.90 Å². The molecule has 1 amide bonds. The molecular formula is C15H15NO5. The van der Waals surface area contributed by atoms with Crippen LogP contribution in [0.15, 0.2) is 24.3 Å². The van der Waals surface area contributed by atoms with E-state index in [4.69, 9.17) is 14.6 Å². The summed E-state index contributed by atoms with van der Waals surface area (Å²) >= 11 is 0. The van der Waals surface area contributed by atoms with Crippen LogP contribution in [0, 0.1) is 17.8 Å². The lowest BCUT2D eigenvalue weighted by molar-refractivity contribution is -0.145. The Morgan fingerprint density at radius 1 is 1.38 bits per heavy atom. The van der Waals surface area contributed by atoms with Crippen LogP contribution in [0.3, 0.4) is 0 Å². The number of nitrogens with zero attached hydrogens (tertiary/aromatic N) is 1. The molecule has 1 aromatic carbocycles. The van der Waals surface area contributed by atoms with E-state index in [0.29, 0.717) is 6.61 Å². The highest BCUT2D eigenvalue weighted by Gasteiger charge is 2.72. The van der Waals surface area contributed by atoms with Gasteiger partial charge in [-0.25, -0.2) is 0 Å². The summed E-state index contributed by atoms with van der Waals surface area (Å²) in [6, 6.07) is 7.30. The lowest BCUT2D eigenvalue weighted by Gasteiger charge is -2.25. The summed E-state index contributed by atoms with van der Waals surface area (Å²) in [4.78, 5) is 25.2. The molecule has 1 aliphatic carbocycles. The predicted molar refractivity (Wildman–Crippen MR) is 70.4 cm³/mol. The molecule has 5 unspecified atom stereocenters. The van der Waals surface area contributed by atoms with Gasteiger partial charge in [-0.2, -0.15) is 0 Å². The maximum atomic E-state index is 12.4. The quantitative estimate of drug-likeness (QED) is 0.894. The number of ether oxygens (including phenoxy) is 2. The predicted octanol–water partition coefficient (Wildman–Crippen LogP) is 0.882. The van der Waals surface area contributed by atoms with Crippen molar-refractivity contribution in [1.29, 1.82) is 0 Å². The van der Waals surface area contributed by atoms with Crippen molar-refractivity contribution in [2.45, 2.75) is 12.3 Å². The van der Waals surface area contributed by atoms with Gasteiger partial charge in [0.05, 0.1) is 31.6 Å². The van der Waals surface area contributed by atoms with E-state index >= 15 is 0 Å². The average Bonchev–Trinajstić information content (AvgIpc) is 2.98. The summed E-state index contributed by atoms with van der Waals surface area (Å²) < 4.78 is 10.9. The van der Waals surface area contributed by atoms with Crippen molar-refractivity contribution in [2.24, 2.45) is 17.8 Å². The number of benzene rings is 1. The van der Waals surface area contributed by atoms with Crippen LogP contribution in [-0.4, -0.2) is 41.6 Å². The highest BCUT2D eigenvalue weighted by atomic mass is 16.5. The Morgan fingerprint density at radius 2 is 2.10 bits per heavy atom. The zero-order valence-corrected chi connectivity index (χ0v) is 11.4. The Balaban J connectivity index is 1.58. The van der Waals surface area contributed by atoms with Gasteiger partial charge >= 0.3 is 5.97 Å². The normalized spacial score (nSPS) is 36.3. The number of aliphatic carboxylic acids is 1. The first-order chi connectivity index (χ1) is 10.1. The summed E-state index contributed by atoms with van der Waals surface area (Å²) in [5.41, 5.74) is 0.889. The Bertz CT molecular complexity index is 613. The fourth-order valence-electron chi connectivity index (χ4n) is 3.75. The first-order valence-corrected chi connectivity index (χ1v) is 6.94. The van der Waals surface area contributed by atoms with Gasteiger partial charge in [0.1, 0.15) is 5.75 Å². The van der Waals surface area contributed by atoms with Gasteiger partial charge in [0.15, 0.2) is 6.23 Å². The molecule has 21 heavy (non-hydrogen) atoms. The summed E-state index contributed by atoms with van der Waals surface area (Å²) in [6.07, 6.45) is -0.407. The number of carboxylic acid groups (broad SMARTS) is 1. The molecular weight excluding hydrogens is 274 g/mol. The molecule has 0 aromatic heterocycles. The van der Waals surface area contributed by atoms with Crippen LogP contribution in [0.2, 0.25) is 0 Å². The second-order valence-corrected chi connectivity index (χ2v) is 5.74. The van der Waals surface area contributed by atoms with Gasteiger partial charge in [0.25, 0.3) is 0 Å². The number of hydrogen-bond donors (Lipinski definition) is 1. The van der Waals surface area contributed by atoms with Crippen molar-refractivity contribution in [3.05, 3.63) is 29.8 Å². The van der Waals surface area contributed by atoms with Gasteiger partial charge in [-0.1, -0.05) is 12.1 Å². The van der Waals surface area contributed by atoms with E-state index in [1.807, 2.05) is 24.3 Å². The summed E-state index contributed by atoms with van der Waals surface area (Å²) in [6.45, 7) is 0.410. The molecule has 110 valence electrons. The van der Waals surface area contributed by atoms with Gasteiger partial charge in [0, 0.05) is 11.5 Å². The second-order valence-electron chi connectivity index (χ2n) is 5.74. The minimum absolute atomic E-state index is 0.0850. The van der Waals surface area contributed by atoms with Crippen molar-refractivity contribution < 1.29 is 24.2 Å². The van der Waals surface area contributed by atoms with E-state index in [2.05, 4.69) is 0 Å². The van der Waals surface area contributed by atoms with Crippen molar-refractivity contribution >= 4 is 11.9 Å². The van der Waals surface area contributed by atoms with Gasteiger partial charge in [-0.15, -0.1) is 0 Å². The van der Waals surface area contributed by atoms with E-state index in [0.717, 1.165) is 11.3 Å². The number of piperidine rings is 1. The van der Waals surface area contributed by atoms with E-state index in [9.17, 15) is 9.59 Å². The largest absolute Gasteiger partial charge is 0.497 e. The standard InChI is InChI=1S/C15H15NO5/c1-20-8-4-2-7(3-5-8)14-16-9(6-21-14)10-11(13(16)17)12(10)15(18)19/h2-5,9-12,14H,6H2,1H3,(H,18,19). The topological polar surface area (TPSA) is 76.1 Å². The molecule has 1 aromatic rings. The number of methoxy groups -OCH3 is 1. The van der Waals surface area contributed by atoms with E-state index in [-0.39, 0.29) is 23.8 Å². The first-order valence-electron chi connectivity index (χ1n) is 6.94. The smallest absolute Gasteiger partial charge is 0.307 e. The number of carbonyl (C=O) groups excluding carboxylic acids is 1. The number of fused-ring (bicyclic) bond motifs is 3. The second kappa shape index (κ2) is 4.21. The molecule has 4 rings (SSSR count). The molecule has 6 nitrogen and oxygen atoms in total. The summed E-state index contributed by atoms with van der Waals surface area (Å²) in [7, 11) is 1.60.